The first-order chi connectivity index (χ1) is 11.4. The molecule has 2 aliphatic rings. The van der Waals surface area contributed by atoms with Crippen molar-refractivity contribution in [3.05, 3.63) is 0 Å². The Kier molecular flexibility index (Phi) is 6.60. The summed E-state index contributed by atoms with van der Waals surface area (Å²) in [5.74, 6) is -1.38. The molecule has 1 unspecified atom stereocenters. The molecule has 0 aromatic heterocycles. The number of carboxylic acid groups (broad SMARTS) is 1. The minimum atomic E-state index is -0.988. The normalized spacial score (nSPS) is 24.4. The first-order valence-corrected chi connectivity index (χ1v) is 8.99. The van der Waals surface area contributed by atoms with Crippen molar-refractivity contribution < 1.29 is 19.5 Å². The molecule has 3 N–H and O–H groups in total. The van der Waals surface area contributed by atoms with E-state index in [1.807, 2.05) is 18.7 Å². The van der Waals surface area contributed by atoms with Gasteiger partial charge >= 0.3 is 5.97 Å². The standard InChI is InChI=1S/C17H29N3O4/c1-3-11(2)14(17(23)24)19-15(21)12-6-9-20(10-7-12)16(22)13-5-4-8-18-13/h11-14,18H,3-10H2,1-2H3,(H,19,21)(H,23,24)/t11?,13-,14-/m0/s1. The van der Waals surface area contributed by atoms with E-state index in [1.54, 1.807) is 0 Å². The third-order valence-electron chi connectivity index (χ3n) is 5.31. The fourth-order valence-electron chi connectivity index (χ4n) is 3.43. The van der Waals surface area contributed by atoms with E-state index in [-0.39, 0.29) is 29.7 Å². The molecule has 136 valence electrons. The van der Waals surface area contributed by atoms with Gasteiger partial charge in [-0.1, -0.05) is 20.3 Å². The summed E-state index contributed by atoms with van der Waals surface area (Å²) in [6, 6.07) is -0.915. The number of carbonyl (C=O) groups excluding carboxylic acids is 2. The highest BCUT2D eigenvalue weighted by Crippen LogP contribution is 2.20. The second kappa shape index (κ2) is 8.46. The second-order valence-electron chi connectivity index (χ2n) is 6.96. The first-order valence-electron chi connectivity index (χ1n) is 8.99. The van der Waals surface area contributed by atoms with Crippen molar-refractivity contribution >= 4 is 17.8 Å². The van der Waals surface area contributed by atoms with Crippen molar-refractivity contribution in [3.8, 4) is 0 Å². The number of aliphatic carboxylic acids is 1. The molecule has 2 amide bonds. The number of nitrogens with one attached hydrogen (secondary N) is 2. The average Bonchev–Trinajstić information content (AvgIpc) is 3.12. The zero-order valence-electron chi connectivity index (χ0n) is 14.6. The minimum Gasteiger partial charge on any atom is -0.480 e. The maximum atomic E-state index is 12.4. The third kappa shape index (κ3) is 4.47. The van der Waals surface area contributed by atoms with Crippen LogP contribution in [0.3, 0.4) is 0 Å². The lowest BCUT2D eigenvalue weighted by Crippen LogP contribution is -2.51. The molecule has 7 heteroatoms. The van der Waals surface area contributed by atoms with Crippen LogP contribution in [-0.2, 0) is 14.4 Å². The summed E-state index contributed by atoms with van der Waals surface area (Å²) in [6.07, 6.45) is 3.79. The van der Waals surface area contributed by atoms with Crippen LogP contribution in [0.2, 0.25) is 0 Å². The van der Waals surface area contributed by atoms with Gasteiger partial charge in [0.2, 0.25) is 11.8 Å². The van der Waals surface area contributed by atoms with Crippen LogP contribution in [0.15, 0.2) is 0 Å². The lowest BCUT2D eigenvalue weighted by molar-refractivity contribution is -0.144. The van der Waals surface area contributed by atoms with Gasteiger partial charge in [0.05, 0.1) is 6.04 Å². The smallest absolute Gasteiger partial charge is 0.326 e. The van der Waals surface area contributed by atoms with Crippen molar-refractivity contribution in [2.75, 3.05) is 19.6 Å². The highest BCUT2D eigenvalue weighted by molar-refractivity contribution is 5.86. The molecule has 24 heavy (non-hydrogen) atoms. The lowest BCUT2D eigenvalue weighted by Gasteiger charge is -2.33. The Morgan fingerprint density at radius 3 is 2.42 bits per heavy atom. The van der Waals surface area contributed by atoms with Crippen LogP contribution >= 0.6 is 0 Å². The van der Waals surface area contributed by atoms with E-state index in [9.17, 15) is 19.5 Å². The van der Waals surface area contributed by atoms with Gasteiger partial charge in [-0.15, -0.1) is 0 Å². The monoisotopic (exact) mass is 339 g/mol. The van der Waals surface area contributed by atoms with Crippen LogP contribution in [0, 0.1) is 11.8 Å². The average molecular weight is 339 g/mol. The number of hydrogen-bond acceptors (Lipinski definition) is 4. The first kappa shape index (κ1) is 18.7. The van der Waals surface area contributed by atoms with Crippen LogP contribution in [-0.4, -0.2) is 59.5 Å². The SMILES string of the molecule is CCC(C)[C@H](NC(=O)C1CCN(C(=O)[C@@H]2CCCN2)CC1)C(=O)O. The van der Waals surface area contributed by atoms with Crippen molar-refractivity contribution in [1.29, 1.82) is 0 Å². The van der Waals surface area contributed by atoms with Crippen LogP contribution in [0.4, 0.5) is 0 Å². The Morgan fingerprint density at radius 1 is 1.25 bits per heavy atom. The van der Waals surface area contributed by atoms with Gasteiger partial charge in [-0.25, -0.2) is 4.79 Å². The van der Waals surface area contributed by atoms with Gasteiger partial charge in [-0.2, -0.15) is 0 Å². The fraction of sp³-hybridized carbons (Fsp3) is 0.824. The molecule has 3 atom stereocenters. The Bertz CT molecular complexity index is 468. The molecular formula is C17H29N3O4. The number of carboxylic acids is 1. The van der Waals surface area contributed by atoms with E-state index in [0.717, 1.165) is 19.4 Å². The summed E-state index contributed by atoms with van der Waals surface area (Å²) in [6.45, 7) is 5.76. The van der Waals surface area contributed by atoms with Crippen LogP contribution in [0.25, 0.3) is 0 Å². The van der Waals surface area contributed by atoms with Gasteiger partial charge in [0.1, 0.15) is 6.04 Å². The summed E-state index contributed by atoms with van der Waals surface area (Å²) < 4.78 is 0. The van der Waals surface area contributed by atoms with Crippen molar-refractivity contribution in [1.82, 2.24) is 15.5 Å². The topological polar surface area (TPSA) is 98.7 Å². The molecule has 2 aliphatic heterocycles. The lowest BCUT2D eigenvalue weighted by atomic mass is 9.93. The Labute approximate surface area is 143 Å². The Morgan fingerprint density at radius 2 is 1.92 bits per heavy atom. The van der Waals surface area contributed by atoms with Crippen LogP contribution < -0.4 is 10.6 Å². The van der Waals surface area contributed by atoms with E-state index in [1.165, 1.54) is 0 Å². The molecule has 0 spiro atoms. The number of likely N-dealkylation sites (tertiary alicyclic amines) is 1. The summed E-state index contributed by atoms with van der Waals surface area (Å²) in [5, 5.41) is 15.2. The largest absolute Gasteiger partial charge is 0.480 e. The van der Waals surface area contributed by atoms with Gasteiger partial charge in [0.25, 0.3) is 0 Å². The van der Waals surface area contributed by atoms with Gasteiger partial charge in [0, 0.05) is 19.0 Å². The zero-order valence-corrected chi connectivity index (χ0v) is 14.6. The number of rotatable bonds is 6. The molecule has 0 bridgehead atoms. The molecule has 7 nitrogen and oxygen atoms in total. The van der Waals surface area contributed by atoms with Crippen molar-refractivity contribution in [2.45, 2.75) is 58.0 Å². The van der Waals surface area contributed by atoms with E-state index < -0.39 is 12.0 Å². The van der Waals surface area contributed by atoms with Crippen molar-refractivity contribution in [2.24, 2.45) is 11.8 Å². The summed E-state index contributed by atoms with van der Waals surface area (Å²) >= 11 is 0. The molecular weight excluding hydrogens is 310 g/mol. The number of piperidine rings is 1. The summed E-state index contributed by atoms with van der Waals surface area (Å²) in [5.41, 5.74) is 0. The predicted molar refractivity (Wildman–Crippen MR) is 89.4 cm³/mol. The maximum absolute atomic E-state index is 12.4. The molecule has 0 aromatic rings. The van der Waals surface area contributed by atoms with Crippen LogP contribution in [0.1, 0.15) is 46.0 Å². The molecule has 0 saturated carbocycles. The fourth-order valence-corrected chi connectivity index (χ4v) is 3.43. The molecule has 0 radical (unpaired) electrons. The predicted octanol–water partition coefficient (Wildman–Crippen LogP) is 0.593. The summed E-state index contributed by atoms with van der Waals surface area (Å²) in [7, 11) is 0. The van der Waals surface area contributed by atoms with E-state index in [2.05, 4.69) is 10.6 Å². The van der Waals surface area contributed by atoms with Crippen molar-refractivity contribution in [3.63, 3.8) is 0 Å². The highest BCUT2D eigenvalue weighted by Gasteiger charge is 2.34. The molecule has 0 aliphatic carbocycles. The quantitative estimate of drug-likeness (QED) is 0.658. The zero-order chi connectivity index (χ0) is 17.7. The molecule has 2 fully saturated rings. The molecule has 2 heterocycles. The van der Waals surface area contributed by atoms with Gasteiger partial charge in [-0.3, -0.25) is 9.59 Å². The maximum Gasteiger partial charge on any atom is 0.326 e. The number of hydrogen-bond donors (Lipinski definition) is 3. The van der Waals surface area contributed by atoms with Crippen LogP contribution in [0.5, 0.6) is 0 Å². The highest BCUT2D eigenvalue weighted by atomic mass is 16.4. The second-order valence-corrected chi connectivity index (χ2v) is 6.96. The number of carbonyl (C=O) groups is 3. The molecule has 2 rings (SSSR count). The van der Waals surface area contributed by atoms with Gasteiger partial charge in [0.15, 0.2) is 0 Å². The Hall–Kier alpha value is -1.63. The summed E-state index contributed by atoms with van der Waals surface area (Å²) in [4.78, 5) is 37.9. The van der Waals surface area contributed by atoms with Gasteiger partial charge in [-0.05, 0) is 38.1 Å². The minimum absolute atomic E-state index is 0.0721. The third-order valence-corrected chi connectivity index (χ3v) is 5.31. The van der Waals surface area contributed by atoms with Gasteiger partial charge < -0.3 is 20.6 Å². The molecule has 0 aromatic carbocycles. The Balaban J connectivity index is 1.83. The number of amides is 2. The molecule has 2 saturated heterocycles. The van der Waals surface area contributed by atoms with E-state index in [0.29, 0.717) is 32.4 Å². The number of nitrogens with zero attached hydrogens (tertiary/aromatic N) is 1. The van der Waals surface area contributed by atoms with E-state index >= 15 is 0 Å². The van der Waals surface area contributed by atoms with E-state index in [4.69, 9.17) is 0 Å².